The highest BCUT2D eigenvalue weighted by atomic mass is 16.6. The Morgan fingerprint density at radius 2 is 1.60 bits per heavy atom. The smallest absolute Gasteiger partial charge is 0.410 e. The number of anilines is 1. The van der Waals surface area contributed by atoms with Gasteiger partial charge >= 0.3 is 6.09 Å². The van der Waals surface area contributed by atoms with Gasteiger partial charge in [-0.2, -0.15) is 0 Å². The number of amides is 1. The number of piperazine rings is 1. The lowest BCUT2D eigenvalue weighted by Crippen LogP contribution is -2.59. The third-order valence-corrected chi connectivity index (χ3v) is 4.63. The summed E-state index contributed by atoms with van der Waals surface area (Å²) >= 11 is 0. The van der Waals surface area contributed by atoms with Crippen molar-refractivity contribution in [1.82, 2.24) is 4.90 Å². The van der Waals surface area contributed by atoms with E-state index in [1.807, 2.05) is 25.7 Å². The Bertz CT molecular complexity index is 749. The fourth-order valence-electron chi connectivity index (χ4n) is 3.68. The first kappa shape index (κ1) is 17.6. The number of carbonyl (C=O) groups is 1. The lowest BCUT2D eigenvalue weighted by atomic mass is 10.0. The average molecular weight is 340 g/mol. The van der Waals surface area contributed by atoms with Crippen LogP contribution in [0.15, 0.2) is 42.5 Å². The zero-order valence-electron chi connectivity index (χ0n) is 15.8. The Kier molecular flexibility index (Phi) is 4.63. The molecule has 0 saturated carbocycles. The molecule has 2 aromatic rings. The molecule has 1 aliphatic rings. The van der Waals surface area contributed by atoms with Gasteiger partial charge in [-0.3, -0.25) is 4.90 Å². The first-order valence-corrected chi connectivity index (χ1v) is 9.00. The molecule has 0 spiro atoms. The summed E-state index contributed by atoms with van der Waals surface area (Å²) in [6, 6.07) is 15.1. The van der Waals surface area contributed by atoms with E-state index in [4.69, 9.17) is 4.74 Å². The summed E-state index contributed by atoms with van der Waals surface area (Å²) < 4.78 is 5.60. The minimum atomic E-state index is -0.469. The molecule has 4 heteroatoms. The van der Waals surface area contributed by atoms with Gasteiger partial charge in [0.15, 0.2) is 0 Å². The van der Waals surface area contributed by atoms with Crippen molar-refractivity contribution in [3.8, 4) is 0 Å². The maximum Gasteiger partial charge on any atom is 0.410 e. The Morgan fingerprint density at radius 1 is 1.00 bits per heavy atom. The van der Waals surface area contributed by atoms with Crippen LogP contribution in [0.4, 0.5) is 10.5 Å². The largest absolute Gasteiger partial charge is 0.444 e. The number of ether oxygens (including phenoxy) is 1. The number of nitrogens with zero attached hydrogens (tertiary/aromatic N) is 2. The Hall–Kier alpha value is -2.23. The van der Waals surface area contributed by atoms with Crippen LogP contribution in [0.25, 0.3) is 10.8 Å². The van der Waals surface area contributed by atoms with Crippen molar-refractivity contribution in [3.05, 3.63) is 42.5 Å². The van der Waals surface area contributed by atoms with Crippen molar-refractivity contribution in [2.75, 3.05) is 18.0 Å². The molecule has 1 aliphatic heterocycles. The number of carbonyl (C=O) groups excluding carboxylic acids is 1. The fraction of sp³-hybridized carbons (Fsp3) is 0.476. The van der Waals surface area contributed by atoms with E-state index in [1.165, 1.54) is 16.5 Å². The van der Waals surface area contributed by atoms with Gasteiger partial charge in [0.25, 0.3) is 0 Å². The molecular weight excluding hydrogens is 312 g/mol. The molecule has 1 fully saturated rings. The highest BCUT2D eigenvalue weighted by Crippen LogP contribution is 2.30. The molecule has 0 unspecified atom stereocenters. The minimum absolute atomic E-state index is 0.0950. The predicted octanol–water partition coefficient (Wildman–Crippen LogP) is 4.67. The molecule has 1 heterocycles. The monoisotopic (exact) mass is 340 g/mol. The fourth-order valence-corrected chi connectivity index (χ4v) is 3.68. The molecule has 4 nitrogen and oxygen atoms in total. The zero-order valence-corrected chi connectivity index (χ0v) is 15.8. The first-order chi connectivity index (χ1) is 11.8. The number of hydrogen-bond acceptors (Lipinski definition) is 3. The molecule has 3 rings (SSSR count). The Morgan fingerprint density at radius 3 is 2.24 bits per heavy atom. The summed E-state index contributed by atoms with van der Waals surface area (Å²) in [6.07, 6.45) is -0.218. The molecule has 0 aromatic heterocycles. The summed E-state index contributed by atoms with van der Waals surface area (Å²) in [4.78, 5) is 16.8. The number of fused-ring (bicyclic) bond motifs is 1. The second-order valence-corrected chi connectivity index (χ2v) is 7.99. The normalized spacial score (nSPS) is 21.5. The van der Waals surface area contributed by atoms with Crippen molar-refractivity contribution in [1.29, 1.82) is 0 Å². The minimum Gasteiger partial charge on any atom is -0.444 e. The molecule has 2 atom stereocenters. The van der Waals surface area contributed by atoms with Crippen LogP contribution in [0, 0.1) is 0 Å². The van der Waals surface area contributed by atoms with Crippen molar-refractivity contribution in [3.63, 3.8) is 0 Å². The van der Waals surface area contributed by atoms with Gasteiger partial charge in [-0.1, -0.05) is 36.4 Å². The molecule has 0 radical (unpaired) electrons. The topological polar surface area (TPSA) is 32.8 Å². The molecule has 134 valence electrons. The van der Waals surface area contributed by atoms with Crippen LogP contribution in [0.5, 0.6) is 0 Å². The highest BCUT2D eigenvalue weighted by molar-refractivity contribution is 5.94. The van der Waals surface area contributed by atoms with Gasteiger partial charge < -0.3 is 9.64 Å². The Balaban J connectivity index is 1.83. The summed E-state index contributed by atoms with van der Waals surface area (Å²) in [7, 11) is 0. The van der Waals surface area contributed by atoms with Crippen molar-refractivity contribution >= 4 is 22.6 Å². The van der Waals surface area contributed by atoms with Crippen LogP contribution in [0.1, 0.15) is 34.6 Å². The summed E-state index contributed by atoms with van der Waals surface area (Å²) in [5, 5.41) is 2.50. The SMILES string of the molecule is C[C@@H]1CN(c2cccc3ccccc23)C[C@H](C)N1C(=O)OC(C)(C)C. The van der Waals surface area contributed by atoms with E-state index in [1.54, 1.807) is 0 Å². The first-order valence-electron chi connectivity index (χ1n) is 9.00. The van der Waals surface area contributed by atoms with Crippen LogP contribution in [0.3, 0.4) is 0 Å². The van der Waals surface area contributed by atoms with Crippen LogP contribution in [-0.2, 0) is 4.74 Å². The van der Waals surface area contributed by atoms with E-state index >= 15 is 0 Å². The van der Waals surface area contributed by atoms with E-state index in [0.29, 0.717) is 0 Å². The summed E-state index contributed by atoms with van der Waals surface area (Å²) in [6.45, 7) is 11.5. The molecule has 25 heavy (non-hydrogen) atoms. The van der Waals surface area contributed by atoms with Gasteiger partial charge in [0.05, 0.1) is 12.1 Å². The lowest BCUT2D eigenvalue weighted by Gasteiger charge is -2.45. The summed E-state index contributed by atoms with van der Waals surface area (Å²) in [5.41, 5.74) is 0.768. The number of rotatable bonds is 1. The molecule has 1 saturated heterocycles. The van der Waals surface area contributed by atoms with Crippen LogP contribution < -0.4 is 4.90 Å². The quantitative estimate of drug-likeness (QED) is 0.756. The van der Waals surface area contributed by atoms with Gasteiger partial charge in [0, 0.05) is 24.2 Å². The van der Waals surface area contributed by atoms with Gasteiger partial charge in [-0.05, 0) is 46.1 Å². The highest BCUT2D eigenvalue weighted by Gasteiger charge is 2.35. The van der Waals surface area contributed by atoms with Gasteiger partial charge in [0.1, 0.15) is 5.60 Å². The molecule has 0 bridgehead atoms. The van der Waals surface area contributed by atoms with Gasteiger partial charge in [-0.15, -0.1) is 0 Å². The van der Waals surface area contributed by atoms with Crippen molar-refractivity contribution < 1.29 is 9.53 Å². The Labute approximate surface area is 150 Å². The molecule has 1 amide bonds. The van der Waals surface area contributed by atoms with E-state index in [2.05, 4.69) is 61.2 Å². The third-order valence-electron chi connectivity index (χ3n) is 4.63. The predicted molar refractivity (Wildman–Crippen MR) is 103 cm³/mol. The zero-order chi connectivity index (χ0) is 18.2. The van der Waals surface area contributed by atoms with Gasteiger partial charge in [-0.25, -0.2) is 4.79 Å². The van der Waals surface area contributed by atoms with Crippen LogP contribution in [0.2, 0.25) is 0 Å². The molecular formula is C21H28N2O2. The van der Waals surface area contributed by atoms with E-state index in [0.717, 1.165) is 13.1 Å². The second kappa shape index (κ2) is 6.58. The molecule has 0 N–H and O–H groups in total. The van der Waals surface area contributed by atoms with Crippen molar-refractivity contribution in [2.45, 2.75) is 52.3 Å². The maximum absolute atomic E-state index is 12.6. The van der Waals surface area contributed by atoms with Crippen molar-refractivity contribution in [2.24, 2.45) is 0 Å². The molecule has 0 aliphatic carbocycles. The average Bonchev–Trinajstić information content (AvgIpc) is 2.52. The second-order valence-electron chi connectivity index (χ2n) is 7.99. The van der Waals surface area contributed by atoms with Crippen LogP contribution >= 0.6 is 0 Å². The molecule has 2 aromatic carbocycles. The van der Waals surface area contributed by atoms with E-state index in [9.17, 15) is 4.79 Å². The van der Waals surface area contributed by atoms with Crippen LogP contribution in [-0.4, -0.2) is 41.8 Å². The van der Waals surface area contributed by atoms with E-state index in [-0.39, 0.29) is 18.2 Å². The lowest BCUT2D eigenvalue weighted by molar-refractivity contribution is 0.00568. The number of hydrogen-bond donors (Lipinski definition) is 0. The number of benzene rings is 2. The standard InChI is InChI=1S/C21H28N2O2/c1-15-13-22(14-16(2)23(15)20(24)25-21(3,4)5)19-12-8-10-17-9-6-7-11-18(17)19/h6-12,15-16H,13-14H2,1-5H3/t15-,16+. The summed E-state index contributed by atoms with van der Waals surface area (Å²) in [5.74, 6) is 0. The van der Waals surface area contributed by atoms with E-state index < -0.39 is 5.60 Å². The third kappa shape index (κ3) is 3.73. The maximum atomic E-state index is 12.6. The van der Waals surface area contributed by atoms with Gasteiger partial charge in [0.2, 0.25) is 0 Å².